The van der Waals surface area contributed by atoms with E-state index in [1.54, 1.807) is 0 Å². The maximum Gasteiger partial charge on any atom is 0.220 e. The lowest BCUT2D eigenvalue weighted by Crippen LogP contribution is -2.14. The van der Waals surface area contributed by atoms with Gasteiger partial charge in [-0.15, -0.1) is 0 Å². The van der Waals surface area contributed by atoms with E-state index in [2.05, 4.69) is 6.92 Å². The number of aryl methyl sites for hydroxylation is 1. The summed E-state index contributed by atoms with van der Waals surface area (Å²) in [6, 6.07) is 7.80. The molecule has 3 nitrogen and oxygen atoms in total. The predicted octanol–water partition coefficient (Wildman–Crippen LogP) is 1.50. The molecule has 0 saturated heterocycles. The van der Waals surface area contributed by atoms with E-state index in [0.29, 0.717) is 6.61 Å². The van der Waals surface area contributed by atoms with Crippen LogP contribution < -0.4 is 10.5 Å². The van der Waals surface area contributed by atoms with E-state index >= 15 is 0 Å². The summed E-state index contributed by atoms with van der Waals surface area (Å²) in [6.07, 6.45) is 1.19. The van der Waals surface area contributed by atoms with Crippen LogP contribution in [0.4, 0.5) is 0 Å². The number of benzene rings is 1. The first-order chi connectivity index (χ1) is 6.74. The number of carbonyl (C=O) groups excluding carboxylic acids is 1. The van der Waals surface area contributed by atoms with E-state index in [-0.39, 0.29) is 12.3 Å². The molecule has 0 heterocycles. The number of rotatable bonds is 5. The van der Waals surface area contributed by atoms with Crippen LogP contribution in [0.5, 0.6) is 5.75 Å². The van der Waals surface area contributed by atoms with Crippen molar-refractivity contribution < 1.29 is 9.53 Å². The smallest absolute Gasteiger partial charge is 0.220 e. The van der Waals surface area contributed by atoms with E-state index < -0.39 is 0 Å². The van der Waals surface area contributed by atoms with Crippen LogP contribution in [-0.4, -0.2) is 12.5 Å². The predicted molar refractivity (Wildman–Crippen MR) is 55.1 cm³/mol. The van der Waals surface area contributed by atoms with Crippen molar-refractivity contribution in [1.82, 2.24) is 0 Å². The Morgan fingerprint density at radius 3 is 2.79 bits per heavy atom. The molecular formula is C11H15NO2. The monoisotopic (exact) mass is 193 g/mol. The van der Waals surface area contributed by atoms with Gasteiger partial charge in [-0.05, 0) is 18.1 Å². The number of hydrogen-bond donors (Lipinski definition) is 1. The number of hydrogen-bond acceptors (Lipinski definition) is 2. The minimum atomic E-state index is -0.334. The zero-order chi connectivity index (χ0) is 10.4. The molecule has 0 bridgehead atoms. The molecule has 2 N–H and O–H groups in total. The molecule has 0 unspecified atom stereocenters. The molecule has 1 aromatic rings. The third-order valence-corrected chi connectivity index (χ3v) is 1.96. The number of primary amides is 1. The Morgan fingerprint density at radius 1 is 1.43 bits per heavy atom. The standard InChI is InChI=1S/C11H15NO2/c1-2-9-5-3-4-6-10(9)14-8-7-11(12)13/h3-6H,2,7-8H2,1H3,(H2,12,13). The van der Waals surface area contributed by atoms with Gasteiger partial charge in [-0.3, -0.25) is 4.79 Å². The molecule has 14 heavy (non-hydrogen) atoms. The lowest BCUT2D eigenvalue weighted by molar-refractivity contribution is -0.118. The SMILES string of the molecule is CCc1ccccc1OCCC(N)=O. The van der Waals surface area contributed by atoms with E-state index in [1.807, 2.05) is 24.3 Å². The zero-order valence-corrected chi connectivity index (χ0v) is 8.32. The molecule has 1 rings (SSSR count). The minimum Gasteiger partial charge on any atom is -0.493 e. The zero-order valence-electron chi connectivity index (χ0n) is 8.32. The van der Waals surface area contributed by atoms with Crippen LogP contribution in [0.15, 0.2) is 24.3 Å². The van der Waals surface area contributed by atoms with Gasteiger partial charge < -0.3 is 10.5 Å². The van der Waals surface area contributed by atoms with E-state index in [4.69, 9.17) is 10.5 Å². The van der Waals surface area contributed by atoms with Gasteiger partial charge in [-0.1, -0.05) is 25.1 Å². The van der Waals surface area contributed by atoms with Crippen LogP contribution in [0.1, 0.15) is 18.9 Å². The Bertz CT molecular complexity index is 310. The average molecular weight is 193 g/mol. The van der Waals surface area contributed by atoms with Crippen molar-refractivity contribution in [3.8, 4) is 5.75 Å². The summed E-state index contributed by atoms with van der Waals surface area (Å²) >= 11 is 0. The van der Waals surface area contributed by atoms with Crippen molar-refractivity contribution in [3.63, 3.8) is 0 Å². The Morgan fingerprint density at radius 2 is 2.14 bits per heavy atom. The molecule has 0 aliphatic carbocycles. The highest BCUT2D eigenvalue weighted by Crippen LogP contribution is 2.18. The normalized spacial score (nSPS) is 9.79. The quantitative estimate of drug-likeness (QED) is 0.770. The Balaban J connectivity index is 2.53. The lowest BCUT2D eigenvalue weighted by Gasteiger charge is -2.08. The number of amides is 1. The van der Waals surface area contributed by atoms with Crippen LogP contribution in [0, 0.1) is 0 Å². The fraction of sp³-hybridized carbons (Fsp3) is 0.364. The molecule has 0 aliphatic rings. The molecule has 0 atom stereocenters. The average Bonchev–Trinajstić information content (AvgIpc) is 2.18. The summed E-state index contributed by atoms with van der Waals surface area (Å²) in [7, 11) is 0. The number of ether oxygens (including phenoxy) is 1. The first-order valence-corrected chi connectivity index (χ1v) is 4.73. The minimum absolute atomic E-state index is 0.262. The first kappa shape index (κ1) is 10.6. The van der Waals surface area contributed by atoms with Crippen LogP contribution >= 0.6 is 0 Å². The Kier molecular flexibility index (Phi) is 3.98. The van der Waals surface area contributed by atoms with Crippen molar-refractivity contribution in [2.45, 2.75) is 19.8 Å². The summed E-state index contributed by atoms with van der Waals surface area (Å²) in [6.45, 7) is 2.42. The highest BCUT2D eigenvalue weighted by atomic mass is 16.5. The van der Waals surface area contributed by atoms with Crippen LogP contribution in [-0.2, 0) is 11.2 Å². The molecule has 3 heteroatoms. The molecule has 76 valence electrons. The first-order valence-electron chi connectivity index (χ1n) is 4.73. The van der Waals surface area contributed by atoms with Gasteiger partial charge in [0, 0.05) is 0 Å². The fourth-order valence-electron chi connectivity index (χ4n) is 1.20. The Hall–Kier alpha value is -1.51. The molecule has 1 aromatic carbocycles. The van der Waals surface area contributed by atoms with Crippen LogP contribution in [0.3, 0.4) is 0 Å². The molecule has 0 radical (unpaired) electrons. The number of carbonyl (C=O) groups is 1. The third kappa shape index (κ3) is 3.09. The summed E-state index contributed by atoms with van der Waals surface area (Å²) in [5.41, 5.74) is 6.16. The fourth-order valence-corrected chi connectivity index (χ4v) is 1.20. The maximum atomic E-state index is 10.5. The molecule has 0 spiro atoms. The highest BCUT2D eigenvalue weighted by Gasteiger charge is 2.01. The Labute approximate surface area is 83.9 Å². The van der Waals surface area contributed by atoms with Crippen molar-refractivity contribution in [3.05, 3.63) is 29.8 Å². The number of nitrogens with two attached hydrogens (primary N) is 1. The van der Waals surface area contributed by atoms with Crippen molar-refractivity contribution in [2.75, 3.05) is 6.61 Å². The van der Waals surface area contributed by atoms with E-state index in [1.165, 1.54) is 0 Å². The van der Waals surface area contributed by atoms with Gasteiger partial charge in [0.05, 0.1) is 13.0 Å². The van der Waals surface area contributed by atoms with E-state index in [0.717, 1.165) is 17.7 Å². The summed E-state index contributed by atoms with van der Waals surface area (Å²) < 4.78 is 5.44. The van der Waals surface area contributed by atoms with Crippen molar-refractivity contribution in [1.29, 1.82) is 0 Å². The van der Waals surface area contributed by atoms with Crippen LogP contribution in [0.25, 0.3) is 0 Å². The van der Waals surface area contributed by atoms with Gasteiger partial charge >= 0.3 is 0 Å². The molecule has 0 aliphatic heterocycles. The summed E-state index contributed by atoms with van der Waals surface area (Å²) in [4.78, 5) is 10.5. The maximum absolute atomic E-state index is 10.5. The second kappa shape index (κ2) is 5.27. The van der Waals surface area contributed by atoms with Crippen molar-refractivity contribution in [2.24, 2.45) is 5.73 Å². The summed E-state index contributed by atoms with van der Waals surface area (Å²) in [5, 5.41) is 0. The second-order valence-corrected chi connectivity index (χ2v) is 3.03. The second-order valence-electron chi connectivity index (χ2n) is 3.03. The van der Waals surface area contributed by atoms with Gasteiger partial charge in [-0.25, -0.2) is 0 Å². The van der Waals surface area contributed by atoms with Crippen molar-refractivity contribution >= 4 is 5.91 Å². The van der Waals surface area contributed by atoms with Crippen LogP contribution in [0.2, 0.25) is 0 Å². The lowest BCUT2D eigenvalue weighted by atomic mass is 10.1. The van der Waals surface area contributed by atoms with Gasteiger partial charge in [-0.2, -0.15) is 0 Å². The molecule has 0 aromatic heterocycles. The van der Waals surface area contributed by atoms with Gasteiger partial charge in [0.2, 0.25) is 5.91 Å². The summed E-state index contributed by atoms with van der Waals surface area (Å²) in [5.74, 6) is 0.509. The molecule has 1 amide bonds. The van der Waals surface area contributed by atoms with Gasteiger partial charge in [0.15, 0.2) is 0 Å². The molecular weight excluding hydrogens is 178 g/mol. The topological polar surface area (TPSA) is 52.3 Å². The highest BCUT2D eigenvalue weighted by molar-refractivity contribution is 5.73. The van der Waals surface area contributed by atoms with Gasteiger partial charge in [0.1, 0.15) is 5.75 Å². The van der Waals surface area contributed by atoms with Gasteiger partial charge in [0.25, 0.3) is 0 Å². The largest absolute Gasteiger partial charge is 0.493 e. The third-order valence-electron chi connectivity index (χ3n) is 1.96. The van der Waals surface area contributed by atoms with E-state index in [9.17, 15) is 4.79 Å². The number of para-hydroxylation sites is 1. The molecule has 0 fully saturated rings. The molecule has 0 saturated carbocycles.